The van der Waals surface area contributed by atoms with E-state index in [-0.39, 0.29) is 11.9 Å². The van der Waals surface area contributed by atoms with Crippen molar-refractivity contribution in [2.75, 3.05) is 13.7 Å². The van der Waals surface area contributed by atoms with Crippen molar-refractivity contribution in [1.29, 1.82) is 0 Å². The summed E-state index contributed by atoms with van der Waals surface area (Å²) in [6.45, 7) is 2.46. The Labute approximate surface area is 130 Å². The highest BCUT2D eigenvalue weighted by Crippen LogP contribution is 2.32. The van der Waals surface area contributed by atoms with Gasteiger partial charge in [-0.2, -0.15) is 0 Å². The number of ether oxygens (including phenoxy) is 1. The molecule has 1 aromatic carbocycles. The van der Waals surface area contributed by atoms with Crippen LogP contribution in [0, 0.1) is 0 Å². The predicted molar refractivity (Wildman–Crippen MR) is 85.6 cm³/mol. The van der Waals surface area contributed by atoms with Gasteiger partial charge in [-0.25, -0.2) is 0 Å². The van der Waals surface area contributed by atoms with Crippen molar-refractivity contribution >= 4 is 5.91 Å². The Kier molecular flexibility index (Phi) is 4.09. The molecule has 0 aliphatic carbocycles. The van der Waals surface area contributed by atoms with Crippen molar-refractivity contribution < 1.29 is 9.53 Å². The van der Waals surface area contributed by atoms with E-state index < -0.39 is 0 Å². The minimum Gasteiger partial charge on any atom is -0.497 e. The van der Waals surface area contributed by atoms with Crippen LogP contribution in [0.5, 0.6) is 5.75 Å². The first-order valence-electron chi connectivity index (χ1n) is 7.57. The average molecular weight is 296 g/mol. The van der Waals surface area contributed by atoms with Crippen molar-refractivity contribution in [3.63, 3.8) is 0 Å². The van der Waals surface area contributed by atoms with Gasteiger partial charge in [-0.3, -0.25) is 9.78 Å². The summed E-state index contributed by atoms with van der Waals surface area (Å²) in [5.74, 6) is 0.956. The van der Waals surface area contributed by atoms with Gasteiger partial charge in [0.2, 0.25) is 5.91 Å². The van der Waals surface area contributed by atoms with Crippen LogP contribution in [0.1, 0.15) is 31.5 Å². The van der Waals surface area contributed by atoms with Crippen LogP contribution >= 0.6 is 0 Å². The second-order valence-electron chi connectivity index (χ2n) is 5.55. The molecule has 1 saturated heterocycles. The third kappa shape index (κ3) is 2.82. The lowest BCUT2D eigenvalue weighted by molar-refractivity contribution is -0.129. The zero-order chi connectivity index (χ0) is 15.5. The summed E-state index contributed by atoms with van der Waals surface area (Å²) >= 11 is 0. The first kappa shape index (κ1) is 14.6. The van der Waals surface area contributed by atoms with E-state index in [1.54, 1.807) is 14.0 Å². The Morgan fingerprint density at radius 3 is 2.68 bits per heavy atom. The van der Waals surface area contributed by atoms with E-state index >= 15 is 0 Å². The second kappa shape index (κ2) is 6.18. The molecule has 1 unspecified atom stereocenters. The molecule has 3 rings (SSSR count). The fourth-order valence-electron chi connectivity index (χ4n) is 3.01. The van der Waals surface area contributed by atoms with Crippen LogP contribution in [0.4, 0.5) is 0 Å². The summed E-state index contributed by atoms with van der Waals surface area (Å²) in [6, 6.07) is 14.0. The Hall–Kier alpha value is -2.36. The van der Waals surface area contributed by atoms with E-state index in [1.807, 2.05) is 47.4 Å². The summed E-state index contributed by atoms with van der Waals surface area (Å²) < 4.78 is 5.19. The van der Waals surface area contributed by atoms with E-state index in [0.29, 0.717) is 0 Å². The molecule has 4 heteroatoms. The van der Waals surface area contributed by atoms with Gasteiger partial charge in [-0.05, 0) is 49.2 Å². The summed E-state index contributed by atoms with van der Waals surface area (Å²) in [5.41, 5.74) is 2.95. The number of methoxy groups -OCH3 is 1. The Balaban J connectivity index is 1.90. The number of amides is 1. The highest BCUT2D eigenvalue weighted by atomic mass is 16.5. The molecule has 0 saturated carbocycles. The lowest BCUT2D eigenvalue weighted by Crippen LogP contribution is -2.28. The summed E-state index contributed by atoms with van der Waals surface area (Å²) in [6.07, 6.45) is 2.03. The third-order valence-corrected chi connectivity index (χ3v) is 4.16. The van der Waals surface area contributed by atoms with Crippen LogP contribution in [-0.2, 0) is 4.79 Å². The maximum absolute atomic E-state index is 11.7. The normalized spacial score (nSPS) is 17.5. The molecule has 0 radical (unpaired) electrons. The minimum absolute atomic E-state index is 0.107. The molecule has 0 spiro atoms. The number of likely N-dealkylation sites (tertiary alicyclic amines) is 1. The summed E-state index contributed by atoms with van der Waals surface area (Å²) in [4.78, 5) is 18.4. The number of benzene rings is 1. The molecule has 22 heavy (non-hydrogen) atoms. The van der Waals surface area contributed by atoms with Crippen LogP contribution in [0.15, 0.2) is 42.5 Å². The minimum atomic E-state index is 0.107. The number of carbonyl (C=O) groups excluding carboxylic acids is 1. The number of hydrogen-bond donors (Lipinski definition) is 0. The number of rotatable bonds is 3. The van der Waals surface area contributed by atoms with Gasteiger partial charge in [0.15, 0.2) is 0 Å². The SMILES string of the molecule is COc1ccc(-c2cccc(C3CCCN3C(C)=O)n2)cc1. The van der Waals surface area contributed by atoms with Gasteiger partial charge in [0.05, 0.1) is 24.5 Å². The van der Waals surface area contributed by atoms with Gasteiger partial charge in [0, 0.05) is 19.0 Å². The van der Waals surface area contributed by atoms with E-state index in [1.165, 1.54) is 0 Å². The summed E-state index contributed by atoms with van der Waals surface area (Å²) in [5, 5.41) is 0. The molecule has 1 aliphatic rings. The molecule has 1 atom stereocenters. The van der Waals surface area contributed by atoms with Gasteiger partial charge in [0.25, 0.3) is 0 Å². The number of hydrogen-bond acceptors (Lipinski definition) is 3. The zero-order valence-electron chi connectivity index (χ0n) is 13.0. The van der Waals surface area contributed by atoms with Crippen LogP contribution in [0.3, 0.4) is 0 Å². The quantitative estimate of drug-likeness (QED) is 0.871. The predicted octanol–water partition coefficient (Wildman–Crippen LogP) is 3.44. The molecular formula is C18H20N2O2. The molecule has 1 fully saturated rings. The first-order chi connectivity index (χ1) is 10.7. The monoisotopic (exact) mass is 296 g/mol. The molecule has 1 aliphatic heterocycles. The molecule has 2 heterocycles. The van der Waals surface area contributed by atoms with Gasteiger partial charge >= 0.3 is 0 Å². The number of aromatic nitrogens is 1. The van der Waals surface area contributed by atoms with Crippen LogP contribution in [0.2, 0.25) is 0 Å². The van der Waals surface area contributed by atoms with E-state index in [0.717, 1.165) is 42.1 Å². The Bertz CT molecular complexity index is 667. The Morgan fingerprint density at radius 1 is 1.23 bits per heavy atom. The Morgan fingerprint density at radius 2 is 2.00 bits per heavy atom. The third-order valence-electron chi connectivity index (χ3n) is 4.16. The van der Waals surface area contributed by atoms with Gasteiger partial charge in [0.1, 0.15) is 5.75 Å². The second-order valence-corrected chi connectivity index (χ2v) is 5.55. The molecule has 0 N–H and O–H groups in total. The number of carbonyl (C=O) groups is 1. The number of nitrogens with zero attached hydrogens (tertiary/aromatic N) is 2. The molecule has 0 bridgehead atoms. The number of pyridine rings is 1. The smallest absolute Gasteiger partial charge is 0.220 e. The van der Waals surface area contributed by atoms with Crippen LogP contribution in [0.25, 0.3) is 11.3 Å². The van der Waals surface area contributed by atoms with E-state index in [4.69, 9.17) is 9.72 Å². The standard InChI is InChI=1S/C18H20N2O2/c1-13(21)20-12-4-7-18(20)17-6-3-5-16(19-17)14-8-10-15(22-2)11-9-14/h3,5-6,8-11,18H,4,7,12H2,1-2H3. The fourth-order valence-corrected chi connectivity index (χ4v) is 3.01. The van der Waals surface area contributed by atoms with E-state index in [9.17, 15) is 4.79 Å². The van der Waals surface area contributed by atoms with E-state index in [2.05, 4.69) is 0 Å². The maximum atomic E-state index is 11.7. The average Bonchev–Trinajstić information content (AvgIpc) is 3.05. The van der Waals surface area contributed by atoms with Crippen molar-refractivity contribution in [3.05, 3.63) is 48.2 Å². The van der Waals surface area contributed by atoms with Gasteiger partial charge in [-0.15, -0.1) is 0 Å². The fraction of sp³-hybridized carbons (Fsp3) is 0.333. The van der Waals surface area contributed by atoms with Gasteiger partial charge < -0.3 is 9.64 Å². The van der Waals surface area contributed by atoms with Crippen molar-refractivity contribution in [3.8, 4) is 17.0 Å². The molecular weight excluding hydrogens is 276 g/mol. The molecule has 1 amide bonds. The van der Waals surface area contributed by atoms with Crippen molar-refractivity contribution in [2.24, 2.45) is 0 Å². The zero-order valence-corrected chi connectivity index (χ0v) is 13.0. The highest BCUT2D eigenvalue weighted by Gasteiger charge is 2.28. The summed E-state index contributed by atoms with van der Waals surface area (Å²) in [7, 11) is 1.66. The topological polar surface area (TPSA) is 42.4 Å². The highest BCUT2D eigenvalue weighted by molar-refractivity contribution is 5.74. The largest absolute Gasteiger partial charge is 0.497 e. The molecule has 2 aromatic rings. The lowest BCUT2D eigenvalue weighted by Gasteiger charge is -2.23. The van der Waals surface area contributed by atoms with Crippen molar-refractivity contribution in [2.45, 2.75) is 25.8 Å². The van der Waals surface area contributed by atoms with Gasteiger partial charge in [-0.1, -0.05) is 6.07 Å². The van der Waals surface area contributed by atoms with Crippen LogP contribution in [-0.4, -0.2) is 29.4 Å². The molecule has 4 nitrogen and oxygen atoms in total. The van der Waals surface area contributed by atoms with Crippen LogP contribution < -0.4 is 4.74 Å². The molecule has 1 aromatic heterocycles. The first-order valence-corrected chi connectivity index (χ1v) is 7.57. The van der Waals surface area contributed by atoms with Crippen molar-refractivity contribution in [1.82, 2.24) is 9.88 Å². The maximum Gasteiger partial charge on any atom is 0.220 e. The molecule has 114 valence electrons. The lowest BCUT2D eigenvalue weighted by atomic mass is 10.1.